The fourth-order valence-corrected chi connectivity index (χ4v) is 3.50. The van der Waals surface area contributed by atoms with Gasteiger partial charge in [-0.25, -0.2) is 4.39 Å². The highest BCUT2D eigenvalue weighted by Gasteiger charge is 2.13. The van der Waals surface area contributed by atoms with Gasteiger partial charge in [0.15, 0.2) is 0 Å². The first-order valence-corrected chi connectivity index (χ1v) is 10.1. The van der Waals surface area contributed by atoms with E-state index >= 15 is 0 Å². The average Bonchev–Trinajstić information content (AvgIpc) is 3.05. The summed E-state index contributed by atoms with van der Waals surface area (Å²) in [5.41, 5.74) is 3.16. The van der Waals surface area contributed by atoms with Crippen molar-refractivity contribution in [3.63, 3.8) is 0 Å². The summed E-state index contributed by atoms with van der Waals surface area (Å²) >= 11 is 0. The van der Waals surface area contributed by atoms with Gasteiger partial charge in [0.1, 0.15) is 11.6 Å². The molecule has 0 aliphatic rings. The standard InChI is InChI=1S/C24H29FN2O2/c1-17(2)29-23-10-7-18(3)14-20(23)16-26(4)24(28)6-5-12-27-13-11-19-15-21(25)8-9-22(19)27/h7-11,13-15,17H,5-6,12,16H2,1-4H3. The van der Waals surface area contributed by atoms with Crippen LogP contribution < -0.4 is 4.74 Å². The molecule has 4 nitrogen and oxygen atoms in total. The third kappa shape index (κ3) is 5.37. The zero-order chi connectivity index (χ0) is 21.0. The van der Waals surface area contributed by atoms with Gasteiger partial charge in [-0.05, 0) is 57.5 Å². The molecule has 154 valence electrons. The second kappa shape index (κ2) is 9.12. The van der Waals surface area contributed by atoms with Crippen LogP contribution in [0.4, 0.5) is 4.39 Å². The molecule has 29 heavy (non-hydrogen) atoms. The zero-order valence-corrected chi connectivity index (χ0v) is 17.6. The van der Waals surface area contributed by atoms with E-state index in [0.29, 0.717) is 13.0 Å². The number of carbonyl (C=O) groups is 1. The average molecular weight is 397 g/mol. The summed E-state index contributed by atoms with van der Waals surface area (Å²) in [6.07, 6.45) is 3.22. The number of hydrogen-bond donors (Lipinski definition) is 0. The first-order chi connectivity index (χ1) is 13.8. The van der Waals surface area contributed by atoms with Gasteiger partial charge in [-0.2, -0.15) is 0 Å². The number of halogens is 1. The fraction of sp³-hybridized carbons (Fsp3) is 0.375. The highest BCUT2D eigenvalue weighted by Crippen LogP contribution is 2.23. The Morgan fingerprint density at radius 3 is 2.72 bits per heavy atom. The molecule has 0 saturated heterocycles. The number of benzene rings is 2. The minimum Gasteiger partial charge on any atom is -0.491 e. The number of aromatic nitrogens is 1. The van der Waals surface area contributed by atoms with Gasteiger partial charge in [0.05, 0.1) is 6.10 Å². The van der Waals surface area contributed by atoms with Crippen molar-refractivity contribution in [3.05, 3.63) is 65.6 Å². The number of amides is 1. The maximum absolute atomic E-state index is 13.3. The van der Waals surface area contributed by atoms with E-state index in [-0.39, 0.29) is 17.8 Å². The van der Waals surface area contributed by atoms with Gasteiger partial charge < -0.3 is 14.2 Å². The van der Waals surface area contributed by atoms with Gasteiger partial charge in [-0.15, -0.1) is 0 Å². The molecule has 0 aliphatic heterocycles. The van der Waals surface area contributed by atoms with Crippen molar-refractivity contribution in [2.45, 2.75) is 52.8 Å². The predicted octanol–water partition coefficient (Wildman–Crippen LogP) is 5.31. The van der Waals surface area contributed by atoms with E-state index in [9.17, 15) is 9.18 Å². The maximum atomic E-state index is 13.3. The molecule has 1 amide bonds. The molecule has 3 aromatic rings. The Morgan fingerprint density at radius 2 is 1.97 bits per heavy atom. The van der Waals surface area contributed by atoms with Crippen LogP contribution in [-0.4, -0.2) is 28.5 Å². The molecule has 0 spiro atoms. The summed E-state index contributed by atoms with van der Waals surface area (Å²) in [4.78, 5) is 14.4. The smallest absolute Gasteiger partial charge is 0.222 e. The van der Waals surface area contributed by atoms with Crippen molar-refractivity contribution < 1.29 is 13.9 Å². The second-order valence-corrected chi connectivity index (χ2v) is 7.84. The molecule has 0 saturated carbocycles. The van der Waals surface area contributed by atoms with E-state index in [4.69, 9.17) is 4.74 Å². The lowest BCUT2D eigenvalue weighted by atomic mass is 10.1. The van der Waals surface area contributed by atoms with Crippen molar-refractivity contribution in [3.8, 4) is 5.75 Å². The molecule has 1 heterocycles. The molecule has 0 unspecified atom stereocenters. The third-order valence-electron chi connectivity index (χ3n) is 4.93. The summed E-state index contributed by atoms with van der Waals surface area (Å²) in [5, 5.41) is 0.880. The molecule has 0 radical (unpaired) electrons. The predicted molar refractivity (Wildman–Crippen MR) is 115 cm³/mol. The van der Waals surface area contributed by atoms with E-state index in [2.05, 4.69) is 10.6 Å². The summed E-state index contributed by atoms with van der Waals surface area (Å²) in [6.45, 7) is 7.28. The van der Waals surface area contributed by atoms with E-state index in [1.165, 1.54) is 12.1 Å². The van der Waals surface area contributed by atoms with E-state index in [0.717, 1.165) is 40.7 Å². The van der Waals surface area contributed by atoms with Crippen molar-refractivity contribution in [1.29, 1.82) is 0 Å². The first kappa shape index (κ1) is 20.9. The van der Waals surface area contributed by atoms with Crippen LogP contribution in [0.5, 0.6) is 5.75 Å². The number of fused-ring (bicyclic) bond motifs is 1. The first-order valence-electron chi connectivity index (χ1n) is 10.1. The Labute approximate surface area is 171 Å². The molecular weight excluding hydrogens is 367 g/mol. The van der Waals surface area contributed by atoms with Crippen molar-refractivity contribution in [1.82, 2.24) is 9.47 Å². The third-order valence-corrected chi connectivity index (χ3v) is 4.93. The molecular formula is C24H29FN2O2. The van der Waals surface area contributed by atoms with Gasteiger partial charge in [0, 0.05) is 49.2 Å². The van der Waals surface area contributed by atoms with Crippen LogP contribution >= 0.6 is 0 Å². The number of rotatable bonds is 8. The summed E-state index contributed by atoms with van der Waals surface area (Å²) in [6, 6.07) is 12.8. The summed E-state index contributed by atoms with van der Waals surface area (Å²) < 4.78 is 21.3. The number of aryl methyl sites for hydroxylation is 2. The van der Waals surface area contributed by atoms with Crippen LogP contribution in [0.15, 0.2) is 48.7 Å². The number of ether oxygens (including phenoxy) is 1. The Bertz CT molecular complexity index is 994. The normalized spacial score (nSPS) is 11.2. The number of nitrogens with zero attached hydrogens (tertiary/aromatic N) is 2. The van der Waals surface area contributed by atoms with Crippen LogP contribution in [0.3, 0.4) is 0 Å². The molecule has 0 fully saturated rings. The van der Waals surface area contributed by atoms with Crippen LogP contribution in [-0.2, 0) is 17.9 Å². The lowest BCUT2D eigenvalue weighted by Gasteiger charge is -2.21. The monoisotopic (exact) mass is 396 g/mol. The quantitative estimate of drug-likeness (QED) is 0.517. The molecule has 2 aromatic carbocycles. The molecule has 0 N–H and O–H groups in total. The van der Waals surface area contributed by atoms with Gasteiger partial charge >= 0.3 is 0 Å². The Hall–Kier alpha value is -2.82. The molecule has 5 heteroatoms. The Balaban J connectivity index is 1.57. The maximum Gasteiger partial charge on any atom is 0.222 e. The number of carbonyl (C=O) groups excluding carboxylic acids is 1. The van der Waals surface area contributed by atoms with Crippen molar-refractivity contribution in [2.24, 2.45) is 0 Å². The molecule has 3 rings (SSSR count). The highest BCUT2D eigenvalue weighted by molar-refractivity contribution is 5.80. The lowest BCUT2D eigenvalue weighted by Crippen LogP contribution is -2.26. The van der Waals surface area contributed by atoms with Crippen molar-refractivity contribution in [2.75, 3.05) is 7.05 Å². The van der Waals surface area contributed by atoms with Crippen LogP contribution in [0, 0.1) is 12.7 Å². The van der Waals surface area contributed by atoms with Crippen LogP contribution in [0.1, 0.15) is 37.8 Å². The molecule has 0 aliphatic carbocycles. The summed E-state index contributed by atoms with van der Waals surface area (Å²) in [5.74, 6) is 0.699. The van der Waals surface area contributed by atoms with Crippen molar-refractivity contribution >= 4 is 16.8 Å². The largest absolute Gasteiger partial charge is 0.491 e. The van der Waals surface area contributed by atoms with Gasteiger partial charge in [0.2, 0.25) is 5.91 Å². The Morgan fingerprint density at radius 1 is 1.17 bits per heavy atom. The zero-order valence-electron chi connectivity index (χ0n) is 17.6. The second-order valence-electron chi connectivity index (χ2n) is 7.84. The van der Waals surface area contributed by atoms with E-state index < -0.39 is 0 Å². The fourth-order valence-electron chi connectivity index (χ4n) is 3.50. The van der Waals surface area contributed by atoms with Gasteiger partial charge in [-0.1, -0.05) is 17.7 Å². The molecule has 1 aromatic heterocycles. The molecule has 0 atom stereocenters. The van der Waals surface area contributed by atoms with E-state index in [1.807, 2.05) is 52.2 Å². The molecule has 0 bridgehead atoms. The highest BCUT2D eigenvalue weighted by atomic mass is 19.1. The Kier molecular flexibility index (Phi) is 6.57. The van der Waals surface area contributed by atoms with Crippen LogP contribution in [0.25, 0.3) is 10.9 Å². The summed E-state index contributed by atoms with van der Waals surface area (Å²) in [7, 11) is 1.83. The van der Waals surface area contributed by atoms with Gasteiger partial charge in [0.25, 0.3) is 0 Å². The minimum absolute atomic E-state index is 0.0855. The van der Waals surface area contributed by atoms with E-state index in [1.54, 1.807) is 11.0 Å². The minimum atomic E-state index is -0.232. The number of hydrogen-bond acceptors (Lipinski definition) is 2. The topological polar surface area (TPSA) is 34.5 Å². The van der Waals surface area contributed by atoms with Crippen LogP contribution in [0.2, 0.25) is 0 Å². The van der Waals surface area contributed by atoms with Gasteiger partial charge in [-0.3, -0.25) is 4.79 Å². The SMILES string of the molecule is Cc1ccc(OC(C)C)c(CN(C)C(=O)CCCn2ccc3cc(F)ccc32)c1. The lowest BCUT2D eigenvalue weighted by molar-refractivity contribution is -0.130.